The maximum Gasteiger partial charge on any atom is 0.501 e. The Labute approximate surface area is 113 Å². The van der Waals surface area contributed by atoms with E-state index in [0.717, 1.165) is 13.0 Å². The summed E-state index contributed by atoms with van der Waals surface area (Å²) in [4.78, 5) is 10.0. The van der Waals surface area contributed by atoms with Gasteiger partial charge in [0, 0.05) is 18.3 Å². The Morgan fingerprint density at radius 1 is 1.25 bits per heavy atom. The highest BCUT2D eigenvalue weighted by atomic mass is 32.2. The van der Waals surface area contributed by atoms with Crippen LogP contribution in [0.3, 0.4) is 0 Å². The molecule has 1 aromatic carbocycles. The zero-order valence-electron chi connectivity index (χ0n) is 10.9. The van der Waals surface area contributed by atoms with Crippen molar-refractivity contribution in [2.45, 2.75) is 31.2 Å². The molecule has 1 amide bonds. The van der Waals surface area contributed by atoms with Gasteiger partial charge in [-0.2, -0.15) is 13.2 Å². The van der Waals surface area contributed by atoms with Gasteiger partial charge in [-0.1, -0.05) is 0 Å². The van der Waals surface area contributed by atoms with E-state index in [-0.39, 0.29) is 16.9 Å². The second-order valence-electron chi connectivity index (χ2n) is 4.22. The quantitative estimate of drug-likeness (QED) is 0.819. The number of anilines is 2. The van der Waals surface area contributed by atoms with Crippen molar-refractivity contribution in [1.82, 2.24) is 0 Å². The van der Waals surface area contributed by atoms with Crippen LogP contribution < -0.4 is 11.1 Å². The Kier molecular flexibility index (Phi) is 4.04. The van der Waals surface area contributed by atoms with Crippen LogP contribution in [0.5, 0.6) is 0 Å². The number of nitrogens with one attached hydrogen (secondary N) is 1. The van der Waals surface area contributed by atoms with Crippen molar-refractivity contribution in [2.75, 3.05) is 11.1 Å². The highest BCUT2D eigenvalue weighted by Crippen LogP contribution is 2.37. The fourth-order valence-electron chi connectivity index (χ4n) is 1.63. The number of carbonyl (C=O) groups excluding carboxylic acids is 1. The third kappa shape index (κ3) is 2.72. The van der Waals surface area contributed by atoms with Crippen LogP contribution in [0.15, 0.2) is 11.0 Å². The van der Waals surface area contributed by atoms with Gasteiger partial charge in [-0.15, -0.1) is 0 Å². The fourth-order valence-corrected chi connectivity index (χ4v) is 2.67. The highest BCUT2D eigenvalue weighted by molar-refractivity contribution is 7.92. The molecule has 112 valence electrons. The molecule has 0 radical (unpaired) electrons. The lowest BCUT2D eigenvalue weighted by Crippen LogP contribution is -2.25. The number of alkyl halides is 3. The summed E-state index contributed by atoms with van der Waals surface area (Å²) in [5.41, 5.74) is 0.105. The van der Waals surface area contributed by atoms with Gasteiger partial charge in [0.25, 0.3) is 9.84 Å². The van der Waals surface area contributed by atoms with E-state index in [2.05, 4.69) is 5.32 Å². The first kappa shape index (κ1) is 16.3. The molecule has 3 N–H and O–H groups in total. The average Bonchev–Trinajstić information content (AvgIpc) is 2.27. The Morgan fingerprint density at radius 3 is 2.15 bits per heavy atom. The van der Waals surface area contributed by atoms with Crippen LogP contribution in [0.2, 0.25) is 0 Å². The molecule has 0 atom stereocenters. The summed E-state index contributed by atoms with van der Waals surface area (Å²) >= 11 is 0. The maximum absolute atomic E-state index is 12.6. The molecule has 1 aromatic rings. The topological polar surface area (TPSA) is 89.3 Å². The van der Waals surface area contributed by atoms with Crippen LogP contribution in [0, 0.1) is 13.8 Å². The summed E-state index contributed by atoms with van der Waals surface area (Å²) in [7, 11) is -5.54. The minimum Gasteiger partial charge on any atom is -0.398 e. The molecule has 0 aliphatic rings. The molecule has 0 aliphatic heterocycles. The SMILES string of the molecule is CC(=O)Nc1cc(S(=O)(=O)C(F)(F)F)c(C)c(N)c1C. The summed E-state index contributed by atoms with van der Waals surface area (Å²) in [6.07, 6.45) is 0. The average molecular weight is 310 g/mol. The summed E-state index contributed by atoms with van der Waals surface area (Å²) in [6, 6.07) is 0.769. The minimum atomic E-state index is -5.54. The first-order chi connectivity index (χ1) is 8.89. The molecule has 0 fully saturated rings. The number of nitrogen functional groups attached to an aromatic ring is 1. The zero-order chi connectivity index (χ0) is 15.9. The molecule has 0 unspecified atom stereocenters. The van der Waals surface area contributed by atoms with Crippen LogP contribution in [0.1, 0.15) is 18.1 Å². The lowest BCUT2D eigenvalue weighted by Gasteiger charge is -2.17. The number of rotatable bonds is 2. The Hall–Kier alpha value is -1.77. The molecule has 0 spiro atoms. The molecule has 0 aliphatic carbocycles. The summed E-state index contributed by atoms with van der Waals surface area (Å²) in [5.74, 6) is -0.549. The summed E-state index contributed by atoms with van der Waals surface area (Å²) in [6.45, 7) is 3.80. The molecular weight excluding hydrogens is 297 g/mol. The van der Waals surface area contributed by atoms with Gasteiger partial charge in [0.1, 0.15) is 0 Å². The smallest absolute Gasteiger partial charge is 0.398 e. The van der Waals surface area contributed by atoms with Crippen LogP contribution in [-0.2, 0) is 14.6 Å². The van der Waals surface area contributed by atoms with Crippen LogP contribution in [0.25, 0.3) is 0 Å². The predicted molar refractivity (Wildman–Crippen MR) is 67.9 cm³/mol. The van der Waals surface area contributed by atoms with Crippen molar-refractivity contribution in [3.05, 3.63) is 17.2 Å². The molecule has 0 saturated heterocycles. The lowest BCUT2D eigenvalue weighted by atomic mass is 10.1. The number of benzene rings is 1. The maximum atomic E-state index is 12.6. The van der Waals surface area contributed by atoms with E-state index in [9.17, 15) is 26.4 Å². The molecule has 0 bridgehead atoms. The van der Waals surface area contributed by atoms with Gasteiger partial charge in [0.15, 0.2) is 0 Å². The summed E-state index contributed by atoms with van der Waals surface area (Å²) in [5, 5.41) is 2.25. The van der Waals surface area contributed by atoms with Crippen LogP contribution in [0.4, 0.5) is 24.5 Å². The zero-order valence-corrected chi connectivity index (χ0v) is 11.7. The Bertz CT molecular complexity index is 666. The predicted octanol–water partition coefficient (Wildman–Crippen LogP) is 2.14. The second-order valence-corrected chi connectivity index (χ2v) is 6.13. The fraction of sp³-hybridized carbons (Fsp3) is 0.364. The number of sulfone groups is 1. The Morgan fingerprint density at radius 2 is 1.75 bits per heavy atom. The summed E-state index contributed by atoms with van der Waals surface area (Å²) < 4.78 is 60.8. The van der Waals surface area contributed by atoms with Crippen molar-refractivity contribution >= 4 is 27.1 Å². The van der Waals surface area contributed by atoms with Gasteiger partial charge in [-0.05, 0) is 31.0 Å². The number of hydrogen-bond acceptors (Lipinski definition) is 4. The lowest BCUT2D eigenvalue weighted by molar-refractivity contribution is -0.114. The third-order valence-electron chi connectivity index (χ3n) is 2.76. The number of halogens is 3. The van der Waals surface area contributed by atoms with Gasteiger partial charge < -0.3 is 11.1 Å². The van der Waals surface area contributed by atoms with Gasteiger partial charge in [0.2, 0.25) is 5.91 Å². The normalized spacial score (nSPS) is 12.3. The standard InChI is InChI=1S/C11H13F3N2O3S/c1-5-8(16-7(3)17)4-9(6(2)10(5)15)20(18,19)11(12,13)14/h4H,15H2,1-3H3,(H,16,17). The molecule has 0 aromatic heterocycles. The number of hydrogen-bond donors (Lipinski definition) is 2. The van der Waals surface area contributed by atoms with E-state index in [4.69, 9.17) is 5.73 Å². The van der Waals surface area contributed by atoms with Crippen molar-refractivity contribution in [1.29, 1.82) is 0 Å². The van der Waals surface area contributed by atoms with Crippen molar-refractivity contribution in [3.8, 4) is 0 Å². The third-order valence-corrected chi connectivity index (χ3v) is 4.37. The van der Waals surface area contributed by atoms with E-state index in [1.165, 1.54) is 13.8 Å². The van der Waals surface area contributed by atoms with Gasteiger partial charge in [-0.3, -0.25) is 4.79 Å². The van der Waals surface area contributed by atoms with Crippen LogP contribution in [-0.4, -0.2) is 19.8 Å². The second kappa shape index (κ2) is 4.97. The monoisotopic (exact) mass is 310 g/mol. The van der Waals surface area contributed by atoms with Crippen molar-refractivity contribution in [2.24, 2.45) is 0 Å². The van der Waals surface area contributed by atoms with E-state index in [1.54, 1.807) is 0 Å². The van der Waals surface area contributed by atoms with E-state index in [1.807, 2.05) is 0 Å². The van der Waals surface area contributed by atoms with E-state index < -0.39 is 26.1 Å². The number of amides is 1. The molecule has 20 heavy (non-hydrogen) atoms. The Balaban J connectivity index is 3.66. The first-order valence-electron chi connectivity index (χ1n) is 5.38. The van der Waals surface area contributed by atoms with Crippen LogP contribution >= 0.6 is 0 Å². The minimum absolute atomic E-state index is 0.0663. The van der Waals surface area contributed by atoms with Crippen molar-refractivity contribution < 1.29 is 26.4 Å². The van der Waals surface area contributed by atoms with Gasteiger partial charge >= 0.3 is 5.51 Å². The molecule has 0 saturated carbocycles. The molecule has 9 heteroatoms. The molecular formula is C11H13F3N2O3S. The number of carbonyl (C=O) groups is 1. The molecule has 5 nitrogen and oxygen atoms in total. The van der Waals surface area contributed by atoms with E-state index >= 15 is 0 Å². The first-order valence-corrected chi connectivity index (χ1v) is 6.86. The van der Waals surface area contributed by atoms with Gasteiger partial charge in [-0.25, -0.2) is 8.42 Å². The molecule has 0 heterocycles. The highest BCUT2D eigenvalue weighted by Gasteiger charge is 2.48. The van der Waals surface area contributed by atoms with Crippen molar-refractivity contribution in [3.63, 3.8) is 0 Å². The molecule has 1 rings (SSSR count). The number of nitrogens with two attached hydrogens (primary N) is 1. The van der Waals surface area contributed by atoms with E-state index in [0.29, 0.717) is 5.56 Å². The van der Waals surface area contributed by atoms with Gasteiger partial charge in [0.05, 0.1) is 4.90 Å². The largest absolute Gasteiger partial charge is 0.501 e.